The van der Waals surface area contributed by atoms with Crippen LogP contribution in [0.3, 0.4) is 0 Å². The van der Waals surface area contributed by atoms with Gasteiger partial charge in [0.15, 0.2) is 5.78 Å². The van der Waals surface area contributed by atoms with E-state index in [9.17, 15) is 9.59 Å². The van der Waals surface area contributed by atoms with Gasteiger partial charge in [0, 0.05) is 18.3 Å². The Bertz CT molecular complexity index is 244. The van der Waals surface area contributed by atoms with Gasteiger partial charge < -0.3 is 0 Å². The van der Waals surface area contributed by atoms with Crippen LogP contribution in [0.2, 0.25) is 0 Å². The zero-order valence-corrected chi connectivity index (χ0v) is 9.64. The molecular weight excluding hydrogens is 176 g/mol. The third kappa shape index (κ3) is 4.35. The van der Waals surface area contributed by atoms with Crippen LogP contribution in [0, 0.1) is 5.41 Å². The lowest BCUT2D eigenvalue weighted by Gasteiger charge is -2.15. The van der Waals surface area contributed by atoms with Gasteiger partial charge in [0.05, 0.1) is 0 Å². The van der Waals surface area contributed by atoms with Crippen molar-refractivity contribution in [3.8, 4) is 0 Å². The molecule has 14 heavy (non-hydrogen) atoms. The van der Waals surface area contributed by atoms with Crippen LogP contribution in [0.15, 0.2) is 12.2 Å². The van der Waals surface area contributed by atoms with Gasteiger partial charge in [-0.15, -0.1) is 0 Å². The first-order valence-electron chi connectivity index (χ1n) is 5.03. The molecule has 0 spiro atoms. The first-order valence-corrected chi connectivity index (χ1v) is 5.03. The Kier molecular flexibility index (Phi) is 4.75. The maximum atomic E-state index is 11.5. The molecule has 0 aromatic carbocycles. The second-order valence-corrected chi connectivity index (χ2v) is 4.55. The lowest BCUT2D eigenvalue weighted by molar-refractivity contribution is -0.128. The molecule has 2 heteroatoms. The van der Waals surface area contributed by atoms with E-state index in [-0.39, 0.29) is 17.0 Å². The predicted molar refractivity (Wildman–Crippen MR) is 58.1 cm³/mol. The average molecular weight is 196 g/mol. The molecule has 0 N–H and O–H groups in total. The van der Waals surface area contributed by atoms with Gasteiger partial charge in [0.25, 0.3) is 0 Å². The highest BCUT2D eigenvalue weighted by Crippen LogP contribution is 2.18. The van der Waals surface area contributed by atoms with Crippen molar-refractivity contribution in [1.29, 1.82) is 0 Å². The van der Waals surface area contributed by atoms with Crippen LogP contribution in [-0.2, 0) is 9.59 Å². The minimum Gasteiger partial charge on any atom is -0.299 e. The fourth-order valence-electron chi connectivity index (χ4n) is 0.976. The Balaban J connectivity index is 4.03. The molecule has 80 valence electrons. The molecule has 0 aromatic heterocycles. The minimum absolute atomic E-state index is 0.0186. The number of carbonyl (C=O) groups excluding carboxylic acids is 2. The average Bonchev–Trinajstić information content (AvgIpc) is 2.10. The molecule has 0 fully saturated rings. The number of rotatable bonds is 5. The van der Waals surface area contributed by atoms with Gasteiger partial charge in [-0.25, -0.2) is 0 Å². The van der Waals surface area contributed by atoms with Gasteiger partial charge in [-0.2, -0.15) is 0 Å². The van der Waals surface area contributed by atoms with Crippen LogP contribution in [0.5, 0.6) is 0 Å². The van der Waals surface area contributed by atoms with Gasteiger partial charge in [0.1, 0.15) is 5.78 Å². The van der Waals surface area contributed by atoms with Crippen molar-refractivity contribution in [2.75, 3.05) is 0 Å². The Morgan fingerprint density at radius 2 is 1.64 bits per heavy atom. The molecule has 0 amide bonds. The Hall–Kier alpha value is -0.920. The van der Waals surface area contributed by atoms with Gasteiger partial charge >= 0.3 is 0 Å². The minimum atomic E-state index is -0.339. The van der Waals surface area contributed by atoms with Crippen LogP contribution >= 0.6 is 0 Å². The molecule has 0 bridgehead atoms. The summed E-state index contributed by atoms with van der Waals surface area (Å²) < 4.78 is 0. The van der Waals surface area contributed by atoms with Crippen molar-refractivity contribution in [3.05, 3.63) is 12.2 Å². The summed E-state index contributed by atoms with van der Waals surface area (Å²) in [5.74, 6) is 0.153. The summed E-state index contributed by atoms with van der Waals surface area (Å²) in [5.41, 5.74) is 0.278. The summed E-state index contributed by atoms with van der Waals surface area (Å²) in [4.78, 5) is 22.9. The van der Waals surface area contributed by atoms with Crippen LogP contribution < -0.4 is 0 Å². The van der Waals surface area contributed by atoms with Gasteiger partial charge in [-0.3, -0.25) is 9.59 Å². The second-order valence-electron chi connectivity index (χ2n) is 4.55. The van der Waals surface area contributed by atoms with E-state index in [1.54, 1.807) is 0 Å². The molecule has 0 aliphatic rings. The first kappa shape index (κ1) is 13.1. The number of ketones is 2. The van der Waals surface area contributed by atoms with Crippen LogP contribution in [0.4, 0.5) is 0 Å². The molecule has 0 saturated carbocycles. The number of hydrogen-bond acceptors (Lipinski definition) is 2. The smallest absolute Gasteiger partial charge is 0.158 e. The standard InChI is InChI=1S/C12H20O2/c1-6-9(2)10(13)7-8-11(14)12(3,4)5/h2,6-8H2,1,3-5H3. The third-order valence-electron chi connectivity index (χ3n) is 2.24. The molecule has 0 atom stereocenters. The van der Waals surface area contributed by atoms with E-state index in [1.807, 2.05) is 27.7 Å². The lowest BCUT2D eigenvalue weighted by Crippen LogP contribution is -2.20. The van der Waals surface area contributed by atoms with Gasteiger partial charge in [0.2, 0.25) is 0 Å². The summed E-state index contributed by atoms with van der Waals surface area (Å²) >= 11 is 0. The van der Waals surface area contributed by atoms with Crippen molar-refractivity contribution >= 4 is 11.6 Å². The largest absolute Gasteiger partial charge is 0.299 e. The van der Waals surface area contributed by atoms with Crippen molar-refractivity contribution in [2.45, 2.75) is 47.0 Å². The second kappa shape index (κ2) is 5.08. The van der Waals surface area contributed by atoms with Gasteiger partial charge in [-0.05, 0) is 12.0 Å². The fourth-order valence-corrected chi connectivity index (χ4v) is 0.976. The molecule has 2 nitrogen and oxygen atoms in total. The van der Waals surface area contributed by atoms with Gasteiger partial charge in [-0.1, -0.05) is 34.3 Å². The van der Waals surface area contributed by atoms with E-state index in [0.717, 1.165) is 0 Å². The molecule has 0 radical (unpaired) electrons. The highest BCUT2D eigenvalue weighted by Gasteiger charge is 2.21. The third-order valence-corrected chi connectivity index (χ3v) is 2.24. The number of hydrogen-bond donors (Lipinski definition) is 0. The quantitative estimate of drug-likeness (QED) is 0.633. The molecule has 0 saturated heterocycles. The zero-order valence-electron chi connectivity index (χ0n) is 9.64. The van der Waals surface area contributed by atoms with Crippen LogP contribution in [0.25, 0.3) is 0 Å². The summed E-state index contributed by atoms with van der Waals surface area (Å²) in [6.45, 7) is 11.2. The predicted octanol–water partition coefficient (Wildman–Crippen LogP) is 2.92. The molecular formula is C12H20O2. The van der Waals surface area contributed by atoms with Crippen LogP contribution in [-0.4, -0.2) is 11.6 Å². The molecule has 0 unspecified atom stereocenters. The first-order chi connectivity index (χ1) is 6.29. The number of carbonyl (C=O) groups is 2. The normalized spacial score (nSPS) is 11.1. The summed E-state index contributed by atoms with van der Waals surface area (Å²) in [6.07, 6.45) is 1.31. The highest BCUT2D eigenvalue weighted by atomic mass is 16.1. The van der Waals surface area contributed by atoms with E-state index in [0.29, 0.717) is 24.8 Å². The molecule has 0 aliphatic carbocycles. The van der Waals surface area contributed by atoms with Crippen molar-refractivity contribution < 1.29 is 9.59 Å². The molecule has 0 aliphatic heterocycles. The maximum Gasteiger partial charge on any atom is 0.158 e. The zero-order chi connectivity index (χ0) is 11.4. The van der Waals surface area contributed by atoms with E-state index in [2.05, 4.69) is 6.58 Å². The molecule has 0 heterocycles. The van der Waals surface area contributed by atoms with Crippen LogP contribution in [0.1, 0.15) is 47.0 Å². The Morgan fingerprint density at radius 1 is 1.14 bits per heavy atom. The highest BCUT2D eigenvalue weighted by molar-refractivity contribution is 5.97. The molecule has 0 rings (SSSR count). The molecule has 0 aromatic rings. The van der Waals surface area contributed by atoms with E-state index >= 15 is 0 Å². The number of Topliss-reactive ketones (excluding diaryl/α,β-unsaturated/α-hetero) is 2. The van der Waals surface area contributed by atoms with E-state index < -0.39 is 0 Å². The van der Waals surface area contributed by atoms with E-state index in [4.69, 9.17) is 0 Å². The summed E-state index contributed by atoms with van der Waals surface area (Å²) in [7, 11) is 0. The summed E-state index contributed by atoms with van der Waals surface area (Å²) in [5, 5.41) is 0. The Labute approximate surface area is 86.4 Å². The SMILES string of the molecule is C=C(CC)C(=O)CCC(=O)C(C)(C)C. The fraction of sp³-hybridized carbons (Fsp3) is 0.667. The summed E-state index contributed by atoms with van der Waals surface area (Å²) in [6, 6.07) is 0. The topological polar surface area (TPSA) is 34.1 Å². The lowest BCUT2D eigenvalue weighted by atomic mass is 9.87. The van der Waals surface area contributed by atoms with Crippen molar-refractivity contribution in [1.82, 2.24) is 0 Å². The van der Waals surface area contributed by atoms with Crippen molar-refractivity contribution in [3.63, 3.8) is 0 Å². The Morgan fingerprint density at radius 3 is 2.00 bits per heavy atom. The number of allylic oxidation sites excluding steroid dienone is 1. The van der Waals surface area contributed by atoms with Crippen molar-refractivity contribution in [2.24, 2.45) is 5.41 Å². The maximum absolute atomic E-state index is 11.5. The monoisotopic (exact) mass is 196 g/mol. The van der Waals surface area contributed by atoms with E-state index in [1.165, 1.54) is 0 Å².